The molecule has 1 aromatic carbocycles. The van der Waals surface area contributed by atoms with Crippen molar-refractivity contribution in [3.8, 4) is 5.75 Å². The summed E-state index contributed by atoms with van der Waals surface area (Å²) in [5.41, 5.74) is -2.03. The summed E-state index contributed by atoms with van der Waals surface area (Å²) in [7, 11) is 0. The normalized spacial score (nSPS) is 11.0. The Morgan fingerprint density at radius 3 is 1.53 bits per heavy atom. The monoisotopic (exact) mass is 492 g/mol. The van der Waals surface area contributed by atoms with E-state index in [0.717, 1.165) is 6.92 Å². The number of ether oxygens (including phenoxy) is 3. The summed E-state index contributed by atoms with van der Waals surface area (Å²) in [6.07, 6.45) is 4.87. The van der Waals surface area contributed by atoms with Crippen molar-refractivity contribution in [3.63, 3.8) is 0 Å². The van der Waals surface area contributed by atoms with Crippen molar-refractivity contribution < 1.29 is 50.5 Å². The summed E-state index contributed by atoms with van der Waals surface area (Å²) in [4.78, 5) is 36.5. The maximum atomic E-state index is 13.9. The smallest absolute Gasteiger partial charge is 0.324 e. The van der Waals surface area contributed by atoms with E-state index in [4.69, 9.17) is 9.47 Å². The lowest BCUT2D eigenvalue weighted by Crippen LogP contribution is -2.42. The molecule has 0 N–H and O–H groups in total. The fourth-order valence-electron chi connectivity index (χ4n) is 2.46. The summed E-state index contributed by atoms with van der Waals surface area (Å²) in [5, 5.41) is 0. The van der Waals surface area contributed by atoms with Crippen LogP contribution in [-0.2, 0) is 23.9 Å². The Bertz CT molecular complexity index is 872. The van der Waals surface area contributed by atoms with E-state index in [9.17, 15) is 36.3 Å². The lowest BCUT2D eigenvalue weighted by molar-refractivity contribution is -0.164. The molecule has 1 aromatic rings. The van der Waals surface area contributed by atoms with E-state index in [1.165, 1.54) is 0 Å². The van der Waals surface area contributed by atoms with Crippen molar-refractivity contribution in [1.82, 2.24) is 0 Å². The maximum absolute atomic E-state index is 13.9. The van der Waals surface area contributed by atoms with Gasteiger partial charge in [0.1, 0.15) is 18.6 Å². The van der Waals surface area contributed by atoms with Gasteiger partial charge in [-0.05, 0) is 32.6 Å². The summed E-state index contributed by atoms with van der Waals surface area (Å²) in [5.74, 6) is -16.7. The van der Waals surface area contributed by atoms with Crippen LogP contribution in [0.3, 0.4) is 0 Å². The van der Waals surface area contributed by atoms with E-state index >= 15 is 0 Å². The van der Waals surface area contributed by atoms with Crippen LogP contribution in [0.5, 0.6) is 5.75 Å². The van der Waals surface area contributed by atoms with E-state index in [-0.39, 0.29) is 12.8 Å². The second-order valence-electron chi connectivity index (χ2n) is 7.53. The minimum atomic E-state index is -2.43. The van der Waals surface area contributed by atoms with Crippen molar-refractivity contribution in [2.45, 2.75) is 45.4 Å². The molecule has 0 amide bonds. The van der Waals surface area contributed by atoms with Gasteiger partial charge in [-0.2, -0.15) is 8.78 Å². The predicted molar refractivity (Wildman–Crippen MR) is 110 cm³/mol. The average Bonchev–Trinajstić information content (AvgIpc) is 2.81. The molecule has 0 aromatic heterocycles. The number of benzene rings is 1. The van der Waals surface area contributed by atoms with Crippen molar-refractivity contribution in [2.24, 2.45) is 5.41 Å². The highest BCUT2D eigenvalue weighted by molar-refractivity contribution is 5.80. The van der Waals surface area contributed by atoms with Crippen molar-refractivity contribution in [2.75, 3.05) is 13.2 Å². The molecular formula is C23H25F5O6. The molecule has 0 heterocycles. The van der Waals surface area contributed by atoms with E-state index < -0.39 is 71.4 Å². The van der Waals surface area contributed by atoms with Crippen molar-refractivity contribution >= 4 is 17.9 Å². The Morgan fingerprint density at radius 1 is 0.765 bits per heavy atom. The highest BCUT2D eigenvalue weighted by Crippen LogP contribution is 2.31. The Morgan fingerprint density at radius 2 is 1.15 bits per heavy atom. The van der Waals surface area contributed by atoms with Crippen LogP contribution < -0.4 is 4.74 Å². The van der Waals surface area contributed by atoms with Crippen LogP contribution >= 0.6 is 0 Å². The zero-order chi connectivity index (χ0) is 25.9. The van der Waals surface area contributed by atoms with Crippen LogP contribution in [0.15, 0.2) is 25.3 Å². The third kappa shape index (κ3) is 7.96. The van der Waals surface area contributed by atoms with Gasteiger partial charge in [-0.1, -0.05) is 12.2 Å². The zero-order valence-electron chi connectivity index (χ0n) is 18.6. The molecule has 6 nitrogen and oxygen atoms in total. The first kappa shape index (κ1) is 28.8. The van der Waals surface area contributed by atoms with Gasteiger partial charge in [0.15, 0.2) is 0 Å². The lowest BCUT2D eigenvalue weighted by atomic mass is 9.93. The quantitative estimate of drug-likeness (QED) is 0.0685. The van der Waals surface area contributed by atoms with Crippen LogP contribution in [0.2, 0.25) is 0 Å². The second kappa shape index (κ2) is 13.5. The van der Waals surface area contributed by atoms with Crippen LogP contribution in [0.25, 0.3) is 0 Å². The first-order valence-corrected chi connectivity index (χ1v) is 10.2. The summed E-state index contributed by atoms with van der Waals surface area (Å²) in [6, 6.07) is 0. The van der Waals surface area contributed by atoms with E-state index in [1.54, 1.807) is 12.2 Å². The number of allylic oxidation sites excluding steroid dienone is 2. The molecule has 0 unspecified atom stereocenters. The van der Waals surface area contributed by atoms with Gasteiger partial charge in [0.2, 0.25) is 34.8 Å². The fourth-order valence-corrected chi connectivity index (χ4v) is 2.46. The second-order valence-corrected chi connectivity index (χ2v) is 7.53. The third-order valence-electron chi connectivity index (χ3n) is 4.54. The zero-order valence-corrected chi connectivity index (χ0v) is 18.6. The molecule has 0 aliphatic rings. The molecule has 11 heteroatoms. The predicted octanol–water partition coefficient (Wildman–Crippen LogP) is 5.09. The molecular weight excluding hydrogens is 467 g/mol. The van der Waals surface area contributed by atoms with Gasteiger partial charge < -0.3 is 14.2 Å². The van der Waals surface area contributed by atoms with Gasteiger partial charge in [0.25, 0.3) is 0 Å². The number of rotatable bonds is 14. The standard InChI is InChI=1S/C23H25F5O6/c1-4-6-8-10-14(29)32-12-23(3,13-33-15(30)11-9-7-5-2)22(31)34-21-19(27)17(25)16(24)18(26)20(21)28/h4-5H,1-2,6-13H2,3H3. The highest BCUT2D eigenvalue weighted by Gasteiger charge is 2.41. The van der Waals surface area contributed by atoms with E-state index in [2.05, 4.69) is 17.9 Å². The van der Waals surface area contributed by atoms with Gasteiger partial charge >= 0.3 is 17.9 Å². The third-order valence-corrected chi connectivity index (χ3v) is 4.54. The number of esters is 3. The Balaban J connectivity index is 3.07. The van der Waals surface area contributed by atoms with Gasteiger partial charge in [0, 0.05) is 12.8 Å². The Hall–Kier alpha value is -3.24. The molecule has 0 saturated carbocycles. The topological polar surface area (TPSA) is 78.9 Å². The summed E-state index contributed by atoms with van der Waals surface area (Å²) >= 11 is 0. The largest absolute Gasteiger partial charge is 0.464 e. The van der Waals surface area contributed by atoms with Crippen LogP contribution in [0, 0.1) is 34.5 Å². The number of unbranched alkanes of at least 4 members (excludes halogenated alkanes) is 2. The minimum absolute atomic E-state index is 0.0455. The van der Waals surface area contributed by atoms with Gasteiger partial charge in [-0.15, -0.1) is 13.2 Å². The molecule has 1 rings (SSSR count). The molecule has 0 radical (unpaired) electrons. The van der Waals surface area contributed by atoms with Crippen LogP contribution in [0.1, 0.15) is 45.4 Å². The molecule has 0 aliphatic heterocycles. The SMILES string of the molecule is C=CCCCC(=O)OCC(C)(COC(=O)CCCC=C)C(=O)Oc1c(F)c(F)c(F)c(F)c1F. The molecule has 0 aliphatic carbocycles. The Kier molecular flexibility index (Phi) is 11.4. The van der Waals surface area contributed by atoms with Crippen molar-refractivity contribution in [1.29, 1.82) is 0 Å². The van der Waals surface area contributed by atoms with E-state index in [0.29, 0.717) is 25.7 Å². The molecule has 0 saturated heterocycles. The summed E-state index contributed by atoms with van der Waals surface area (Å²) in [6.45, 7) is 6.57. The first-order valence-electron chi connectivity index (χ1n) is 10.2. The Labute approximate surface area is 193 Å². The van der Waals surface area contributed by atoms with Gasteiger partial charge in [0.05, 0.1) is 0 Å². The average molecular weight is 492 g/mol. The molecule has 188 valence electrons. The van der Waals surface area contributed by atoms with Crippen LogP contribution in [0.4, 0.5) is 22.0 Å². The number of hydrogen-bond donors (Lipinski definition) is 0. The van der Waals surface area contributed by atoms with E-state index in [1.807, 2.05) is 0 Å². The fraction of sp³-hybridized carbons (Fsp3) is 0.435. The molecule has 0 bridgehead atoms. The molecule has 0 fully saturated rings. The number of carbonyl (C=O) groups excluding carboxylic acids is 3. The van der Waals surface area contributed by atoms with Gasteiger partial charge in [-0.3, -0.25) is 14.4 Å². The first-order chi connectivity index (χ1) is 16.0. The summed E-state index contributed by atoms with van der Waals surface area (Å²) < 4.78 is 82.5. The maximum Gasteiger partial charge on any atom is 0.324 e. The van der Waals surface area contributed by atoms with Gasteiger partial charge in [-0.25, -0.2) is 13.2 Å². The molecule has 0 atom stereocenters. The number of hydrogen-bond acceptors (Lipinski definition) is 6. The highest BCUT2D eigenvalue weighted by atomic mass is 19.2. The lowest BCUT2D eigenvalue weighted by Gasteiger charge is -2.26. The van der Waals surface area contributed by atoms with Crippen LogP contribution in [-0.4, -0.2) is 31.1 Å². The van der Waals surface area contributed by atoms with Crippen molar-refractivity contribution in [3.05, 3.63) is 54.4 Å². The molecule has 34 heavy (non-hydrogen) atoms. The molecule has 0 spiro atoms. The number of carbonyl (C=O) groups is 3. The number of halogens is 5. The minimum Gasteiger partial charge on any atom is -0.464 e.